The molecule has 0 aliphatic heterocycles. The van der Waals surface area contributed by atoms with Crippen LogP contribution in [0.2, 0.25) is 5.02 Å². The maximum atomic E-state index is 13.4. The van der Waals surface area contributed by atoms with Crippen molar-refractivity contribution in [2.24, 2.45) is 0 Å². The molecule has 0 radical (unpaired) electrons. The van der Waals surface area contributed by atoms with Crippen LogP contribution < -0.4 is 5.73 Å². The first-order chi connectivity index (χ1) is 8.66. The molecule has 0 saturated heterocycles. The van der Waals surface area contributed by atoms with Crippen molar-refractivity contribution in [2.75, 3.05) is 5.73 Å². The summed E-state index contributed by atoms with van der Waals surface area (Å²) in [5.41, 5.74) is 7.65. The second-order valence-corrected chi connectivity index (χ2v) is 4.34. The van der Waals surface area contributed by atoms with Crippen LogP contribution >= 0.6 is 11.6 Å². The lowest BCUT2D eigenvalue weighted by Gasteiger charge is -2.07. The van der Waals surface area contributed by atoms with Gasteiger partial charge in [0.25, 0.3) is 0 Å². The van der Waals surface area contributed by atoms with E-state index in [9.17, 15) is 4.39 Å². The van der Waals surface area contributed by atoms with E-state index < -0.39 is 0 Å². The van der Waals surface area contributed by atoms with Gasteiger partial charge in [-0.05, 0) is 29.8 Å². The summed E-state index contributed by atoms with van der Waals surface area (Å²) in [5, 5.41) is 0.382. The third-order valence-corrected chi connectivity index (χ3v) is 2.91. The Morgan fingerprint density at radius 1 is 1.06 bits per heavy atom. The van der Waals surface area contributed by atoms with Gasteiger partial charge >= 0.3 is 0 Å². The van der Waals surface area contributed by atoms with E-state index in [1.54, 1.807) is 24.3 Å². The van der Waals surface area contributed by atoms with Gasteiger partial charge in [0, 0.05) is 16.3 Å². The fourth-order valence-electron chi connectivity index (χ4n) is 1.56. The van der Waals surface area contributed by atoms with Crippen molar-refractivity contribution in [1.29, 1.82) is 0 Å². The van der Waals surface area contributed by atoms with Crippen LogP contribution in [0.5, 0.6) is 0 Å². The molecule has 0 heterocycles. The first-order valence-electron chi connectivity index (χ1n) is 5.52. The van der Waals surface area contributed by atoms with Crippen molar-refractivity contribution in [1.82, 2.24) is 0 Å². The molecule has 0 spiro atoms. The third kappa shape index (κ3) is 3.22. The molecule has 0 fully saturated rings. The van der Waals surface area contributed by atoms with E-state index in [4.69, 9.17) is 22.1 Å². The lowest BCUT2D eigenvalue weighted by atomic mass is 10.2. The van der Waals surface area contributed by atoms with Gasteiger partial charge in [-0.2, -0.15) is 0 Å². The zero-order chi connectivity index (χ0) is 13.0. The van der Waals surface area contributed by atoms with Crippen LogP contribution in [0.4, 0.5) is 10.1 Å². The number of anilines is 1. The molecular weight excluding hydrogens is 253 g/mol. The Hall–Kier alpha value is -1.58. The molecule has 0 aliphatic rings. The van der Waals surface area contributed by atoms with Crippen molar-refractivity contribution in [3.8, 4) is 0 Å². The first kappa shape index (κ1) is 12.9. The fourth-order valence-corrected chi connectivity index (χ4v) is 1.77. The minimum atomic E-state index is -0.347. The lowest BCUT2D eigenvalue weighted by Crippen LogP contribution is -1.98. The summed E-state index contributed by atoms with van der Waals surface area (Å²) in [4.78, 5) is 0. The fraction of sp³-hybridized carbons (Fsp3) is 0.143. The van der Waals surface area contributed by atoms with Crippen LogP contribution in [0.15, 0.2) is 42.5 Å². The van der Waals surface area contributed by atoms with Crippen LogP contribution in [0, 0.1) is 5.82 Å². The van der Waals surface area contributed by atoms with E-state index >= 15 is 0 Å². The highest BCUT2D eigenvalue weighted by Gasteiger charge is 2.06. The topological polar surface area (TPSA) is 35.2 Å². The SMILES string of the molecule is Nc1ccc(COCc2c(F)cccc2Cl)cc1. The Bertz CT molecular complexity index is 508. The smallest absolute Gasteiger partial charge is 0.130 e. The molecule has 0 unspecified atom stereocenters. The molecule has 94 valence electrons. The van der Waals surface area contributed by atoms with Gasteiger partial charge in [0.2, 0.25) is 0 Å². The average Bonchev–Trinajstić information content (AvgIpc) is 2.35. The first-order valence-corrected chi connectivity index (χ1v) is 5.89. The Morgan fingerprint density at radius 2 is 1.78 bits per heavy atom. The molecule has 2 aromatic carbocycles. The van der Waals surface area contributed by atoms with E-state index in [0.717, 1.165) is 5.56 Å². The van der Waals surface area contributed by atoms with Gasteiger partial charge in [-0.15, -0.1) is 0 Å². The minimum Gasteiger partial charge on any atom is -0.399 e. The normalized spacial score (nSPS) is 10.6. The summed E-state index contributed by atoms with van der Waals surface area (Å²) < 4.78 is 18.9. The monoisotopic (exact) mass is 265 g/mol. The van der Waals surface area contributed by atoms with Crippen molar-refractivity contribution >= 4 is 17.3 Å². The molecule has 2 N–H and O–H groups in total. The number of ether oxygens (including phenoxy) is 1. The number of rotatable bonds is 4. The van der Waals surface area contributed by atoms with Crippen LogP contribution in [-0.4, -0.2) is 0 Å². The molecule has 0 amide bonds. The zero-order valence-corrected chi connectivity index (χ0v) is 10.5. The molecule has 0 aliphatic carbocycles. The molecule has 0 saturated carbocycles. The van der Waals surface area contributed by atoms with Crippen LogP contribution in [0.25, 0.3) is 0 Å². The second-order valence-electron chi connectivity index (χ2n) is 3.93. The van der Waals surface area contributed by atoms with Gasteiger partial charge in [-0.25, -0.2) is 4.39 Å². The Balaban J connectivity index is 1.94. The highest BCUT2D eigenvalue weighted by molar-refractivity contribution is 6.31. The summed E-state index contributed by atoms with van der Waals surface area (Å²) in [6.07, 6.45) is 0. The average molecular weight is 266 g/mol. The van der Waals surface area contributed by atoms with Crippen molar-refractivity contribution in [2.45, 2.75) is 13.2 Å². The maximum absolute atomic E-state index is 13.4. The van der Waals surface area contributed by atoms with E-state index in [1.165, 1.54) is 6.07 Å². The summed E-state index contributed by atoms with van der Waals surface area (Å²) in [5.74, 6) is -0.347. The number of halogens is 2. The van der Waals surface area contributed by atoms with E-state index in [1.807, 2.05) is 12.1 Å². The van der Waals surface area contributed by atoms with Gasteiger partial charge in [0.1, 0.15) is 5.82 Å². The van der Waals surface area contributed by atoms with Crippen molar-refractivity contribution < 1.29 is 9.13 Å². The molecular formula is C14H13ClFNO. The Kier molecular flexibility index (Phi) is 4.18. The predicted octanol–water partition coefficient (Wildman–Crippen LogP) is 3.78. The van der Waals surface area contributed by atoms with E-state index in [2.05, 4.69) is 0 Å². The number of nitrogens with two attached hydrogens (primary N) is 1. The maximum Gasteiger partial charge on any atom is 0.130 e. The molecule has 2 rings (SSSR count). The van der Waals surface area contributed by atoms with Gasteiger partial charge in [-0.3, -0.25) is 0 Å². The quantitative estimate of drug-likeness (QED) is 0.854. The van der Waals surface area contributed by atoms with Crippen LogP contribution in [0.3, 0.4) is 0 Å². The van der Waals surface area contributed by atoms with Crippen LogP contribution in [-0.2, 0) is 18.0 Å². The van der Waals surface area contributed by atoms with E-state index in [-0.39, 0.29) is 12.4 Å². The highest BCUT2D eigenvalue weighted by Crippen LogP contribution is 2.20. The zero-order valence-electron chi connectivity index (χ0n) is 9.70. The summed E-state index contributed by atoms with van der Waals surface area (Å²) in [7, 11) is 0. The largest absolute Gasteiger partial charge is 0.399 e. The number of hydrogen-bond acceptors (Lipinski definition) is 2. The molecule has 0 bridgehead atoms. The van der Waals surface area contributed by atoms with Crippen LogP contribution in [0.1, 0.15) is 11.1 Å². The summed E-state index contributed by atoms with van der Waals surface area (Å²) >= 11 is 5.90. The Morgan fingerprint density at radius 3 is 2.44 bits per heavy atom. The lowest BCUT2D eigenvalue weighted by molar-refractivity contribution is 0.105. The summed E-state index contributed by atoms with van der Waals surface area (Å²) in [6.45, 7) is 0.542. The van der Waals surface area contributed by atoms with Gasteiger partial charge in [0.05, 0.1) is 13.2 Å². The van der Waals surface area contributed by atoms with Gasteiger partial charge in [0.15, 0.2) is 0 Å². The molecule has 0 aromatic heterocycles. The summed E-state index contributed by atoms with van der Waals surface area (Å²) in [6, 6.07) is 11.9. The van der Waals surface area contributed by atoms with Crippen molar-refractivity contribution in [3.63, 3.8) is 0 Å². The molecule has 2 nitrogen and oxygen atoms in total. The van der Waals surface area contributed by atoms with Gasteiger partial charge < -0.3 is 10.5 Å². The van der Waals surface area contributed by atoms with E-state index in [0.29, 0.717) is 22.9 Å². The Labute approximate surface area is 110 Å². The third-order valence-electron chi connectivity index (χ3n) is 2.56. The standard InChI is InChI=1S/C14H13ClFNO/c15-13-2-1-3-14(16)12(13)9-18-8-10-4-6-11(17)7-5-10/h1-7H,8-9,17H2. The predicted molar refractivity (Wildman–Crippen MR) is 70.8 cm³/mol. The molecule has 4 heteroatoms. The molecule has 0 atom stereocenters. The highest BCUT2D eigenvalue weighted by atomic mass is 35.5. The molecule has 18 heavy (non-hydrogen) atoms. The number of nitrogen functional groups attached to an aromatic ring is 1. The molecule has 2 aromatic rings. The number of benzene rings is 2. The van der Waals surface area contributed by atoms with Crippen molar-refractivity contribution in [3.05, 3.63) is 64.4 Å². The van der Waals surface area contributed by atoms with Gasteiger partial charge in [-0.1, -0.05) is 29.8 Å². The second kappa shape index (κ2) is 5.85. The minimum absolute atomic E-state index is 0.149. The number of hydrogen-bond donors (Lipinski definition) is 1.